The van der Waals surface area contributed by atoms with Crippen molar-refractivity contribution in [3.05, 3.63) is 39.4 Å². The Kier molecular flexibility index (Phi) is 6.09. The molecule has 0 bridgehead atoms. The Morgan fingerprint density at radius 1 is 1.06 bits per heavy atom. The zero-order chi connectivity index (χ0) is 25.3. The molecule has 3 saturated carbocycles. The van der Waals surface area contributed by atoms with Crippen LogP contribution in [0, 0.1) is 28.6 Å². The molecule has 2 N–H and O–H groups in total. The number of hydrogen-bond acceptors (Lipinski definition) is 5. The number of hydrogen-bond donors (Lipinski definition) is 2. The third kappa shape index (κ3) is 3.71. The van der Waals surface area contributed by atoms with Crippen molar-refractivity contribution in [3.63, 3.8) is 0 Å². The third-order valence-corrected chi connectivity index (χ3v) is 11.4. The van der Waals surface area contributed by atoms with Crippen molar-refractivity contribution in [2.24, 2.45) is 33.6 Å². The third-order valence-electron chi connectivity index (χ3n) is 10.9. The predicted octanol–water partition coefficient (Wildman–Crippen LogP) is 6.55. The molecule has 1 aromatic carbocycles. The predicted molar refractivity (Wildman–Crippen MR) is 142 cm³/mol. The number of ether oxygens (including phenoxy) is 2. The summed E-state index contributed by atoms with van der Waals surface area (Å²) in [6.45, 7) is 6.51. The molecule has 1 spiro atoms. The van der Waals surface area contributed by atoms with Crippen LogP contribution in [0.1, 0.15) is 70.8 Å². The van der Waals surface area contributed by atoms with Gasteiger partial charge in [0.25, 0.3) is 0 Å². The number of phenolic OH excluding ortho intramolecular Hbond substituents is 1. The molecule has 0 amide bonds. The maximum atomic E-state index is 12.0. The first-order chi connectivity index (χ1) is 17.1. The van der Waals surface area contributed by atoms with Crippen molar-refractivity contribution in [1.29, 1.82) is 0 Å². The summed E-state index contributed by atoms with van der Waals surface area (Å²) in [5, 5.41) is 22.9. The van der Waals surface area contributed by atoms with E-state index in [9.17, 15) is 10.2 Å². The van der Waals surface area contributed by atoms with Crippen molar-refractivity contribution in [3.8, 4) is 5.75 Å². The summed E-state index contributed by atoms with van der Waals surface area (Å²) < 4.78 is 12.1. The maximum Gasteiger partial charge on any atom is 0.172 e. The van der Waals surface area contributed by atoms with E-state index in [1.54, 1.807) is 17.9 Å². The molecule has 6 rings (SSSR count). The summed E-state index contributed by atoms with van der Waals surface area (Å²) in [5.74, 6) is 1.30. The summed E-state index contributed by atoms with van der Waals surface area (Å²) in [4.78, 5) is 4.61. The number of rotatable bonds is 3. The number of aliphatic hydroxyl groups is 1. The van der Waals surface area contributed by atoms with E-state index < -0.39 is 5.60 Å². The Labute approximate surface area is 223 Å². The zero-order valence-electron chi connectivity index (χ0n) is 21.2. The van der Waals surface area contributed by atoms with Gasteiger partial charge in [-0.2, -0.15) is 0 Å². The van der Waals surface area contributed by atoms with Gasteiger partial charge in [-0.1, -0.05) is 48.7 Å². The van der Waals surface area contributed by atoms with Gasteiger partial charge in [0.1, 0.15) is 5.75 Å². The van der Waals surface area contributed by atoms with Gasteiger partial charge >= 0.3 is 0 Å². The van der Waals surface area contributed by atoms with E-state index in [0.717, 1.165) is 51.4 Å². The molecular weight excluding hydrogens is 497 g/mol. The fourth-order valence-electron chi connectivity index (χ4n) is 8.70. The van der Waals surface area contributed by atoms with Crippen molar-refractivity contribution >= 4 is 29.4 Å². The molecule has 196 valence electrons. The van der Waals surface area contributed by atoms with Crippen LogP contribution in [0.5, 0.6) is 5.75 Å². The molecule has 0 aromatic heterocycles. The van der Waals surface area contributed by atoms with E-state index in [0.29, 0.717) is 48.1 Å². The van der Waals surface area contributed by atoms with E-state index in [1.807, 2.05) is 0 Å². The lowest BCUT2D eigenvalue weighted by Crippen LogP contribution is -2.56. The number of allylic oxidation sites excluding steroid dienone is 1. The molecule has 5 nitrogen and oxygen atoms in total. The Hall–Kier alpha value is -1.11. The van der Waals surface area contributed by atoms with Crippen LogP contribution < -0.4 is 0 Å². The summed E-state index contributed by atoms with van der Waals surface area (Å²) in [6.07, 6.45) is 12.1. The molecule has 1 saturated heterocycles. The minimum Gasteiger partial charge on any atom is -0.506 e. The fraction of sp³-hybridized carbons (Fsp3) is 0.690. The van der Waals surface area contributed by atoms with Gasteiger partial charge in [0.2, 0.25) is 0 Å². The Balaban J connectivity index is 1.21. The van der Waals surface area contributed by atoms with Crippen LogP contribution in [0.3, 0.4) is 0 Å². The summed E-state index contributed by atoms with van der Waals surface area (Å²) in [5.41, 5.74) is 1.19. The van der Waals surface area contributed by atoms with Crippen molar-refractivity contribution in [1.82, 2.24) is 0 Å². The number of phenols is 1. The number of fused-ring (bicyclic) bond motifs is 5. The van der Waals surface area contributed by atoms with Gasteiger partial charge in [0.05, 0.1) is 30.4 Å². The van der Waals surface area contributed by atoms with Gasteiger partial charge in [-0.15, -0.1) is 0 Å². The second-order valence-corrected chi connectivity index (χ2v) is 13.2. The Morgan fingerprint density at radius 3 is 2.58 bits per heavy atom. The van der Waals surface area contributed by atoms with Crippen LogP contribution in [0.2, 0.25) is 10.0 Å². The highest BCUT2D eigenvalue weighted by atomic mass is 35.5. The smallest absolute Gasteiger partial charge is 0.172 e. The van der Waals surface area contributed by atoms with Crippen molar-refractivity contribution < 1.29 is 19.7 Å². The van der Waals surface area contributed by atoms with E-state index in [2.05, 4.69) is 24.9 Å². The average molecular weight is 535 g/mol. The summed E-state index contributed by atoms with van der Waals surface area (Å²) in [7, 11) is 0. The Bertz CT molecular complexity index is 1110. The molecule has 6 atom stereocenters. The number of aromatic hydroxyl groups is 1. The van der Waals surface area contributed by atoms with Gasteiger partial charge in [-0.3, -0.25) is 4.99 Å². The molecule has 0 unspecified atom stereocenters. The molecule has 1 aliphatic heterocycles. The monoisotopic (exact) mass is 533 g/mol. The van der Waals surface area contributed by atoms with Crippen LogP contribution in [0.4, 0.5) is 0 Å². The minimum atomic E-state index is -0.857. The van der Waals surface area contributed by atoms with Crippen molar-refractivity contribution in [2.45, 2.75) is 76.6 Å². The lowest BCUT2D eigenvalue weighted by molar-refractivity contribution is -0.187. The van der Waals surface area contributed by atoms with Crippen LogP contribution in [0.15, 0.2) is 28.8 Å². The van der Waals surface area contributed by atoms with Crippen LogP contribution in [-0.4, -0.2) is 47.6 Å². The van der Waals surface area contributed by atoms with E-state index in [-0.39, 0.29) is 27.4 Å². The standard InChI is InChI=1S/C29H37Cl2NO4/c1-26-9-10-29(35-11-12-36-29)15-19(26)3-4-21-22(26)5-7-27(2)23(21)6-8-28(27,34)17-32-16-18-13-20(30)14-24(31)25(18)33/h3,13-14,16,21-23,33-34H,4-12,15,17H2,1-2H3/t21-,22-,23+,26-,27+,28+/m0/s1. The van der Waals surface area contributed by atoms with E-state index in [4.69, 9.17) is 32.7 Å². The van der Waals surface area contributed by atoms with Gasteiger partial charge < -0.3 is 19.7 Å². The molecule has 36 heavy (non-hydrogen) atoms. The first kappa shape index (κ1) is 25.2. The van der Waals surface area contributed by atoms with Gasteiger partial charge in [-0.05, 0) is 73.8 Å². The molecule has 4 fully saturated rings. The van der Waals surface area contributed by atoms with Crippen LogP contribution >= 0.6 is 23.2 Å². The van der Waals surface area contributed by atoms with Gasteiger partial charge in [0, 0.05) is 35.1 Å². The highest BCUT2D eigenvalue weighted by molar-refractivity contribution is 6.36. The minimum absolute atomic E-state index is 0.0338. The zero-order valence-corrected chi connectivity index (χ0v) is 22.7. The second-order valence-electron chi connectivity index (χ2n) is 12.4. The largest absolute Gasteiger partial charge is 0.506 e. The number of benzene rings is 1. The highest BCUT2D eigenvalue weighted by Gasteiger charge is 2.64. The highest BCUT2D eigenvalue weighted by Crippen LogP contribution is 2.68. The van der Waals surface area contributed by atoms with Gasteiger partial charge in [0.15, 0.2) is 5.79 Å². The molecule has 0 radical (unpaired) electrons. The first-order valence-electron chi connectivity index (χ1n) is 13.5. The molecule has 1 heterocycles. The lowest BCUT2D eigenvalue weighted by atomic mass is 9.46. The quantitative estimate of drug-likeness (QED) is 0.341. The second kappa shape index (κ2) is 8.71. The van der Waals surface area contributed by atoms with Crippen LogP contribution in [-0.2, 0) is 9.47 Å². The Morgan fingerprint density at radius 2 is 1.81 bits per heavy atom. The van der Waals surface area contributed by atoms with E-state index >= 15 is 0 Å². The molecule has 5 aliphatic rings. The normalized spacial score (nSPS) is 41.2. The lowest BCUT2D eigenvalue weighted by Gasteiger charge is -2.59. The molecule has 4 aliphatic carbocycles. The first-order valence-corrected chi connectivity index (χ1v) is 14.2. The number of aliphatic imine (C=N–C) groups is 1. The SMILES string of the molecule is C[C@]12CCC3(CC1=CC[C@@H]1[C@H]4CC[C@@](O)(CN=Cc5cc(Cl)cc(Cl)c5O)[C@]4(C)CC[C@@H]12)OCCO3. The van der Waals surface area contributed by atoms with Crippen LogP contribution in [0.25, 0.3) is 0 Å². The molecule has 1 aromatic rings. The van der Waals surface area contributed by atoms with Gasteiger partial charge in [-0.25, -0.2) is 0 Å². The van der Waals surface area contributed by atoms with E-state index in [1.165, 1.54) is 6.07 Å². The fourth-order valence-corrected chi connectivity index (χ4v) is 9.21. The average Bonchev–Trinajstić information content (AvgIpc) is 3.40. The molecule has 7 heteroatoms. The number of halogens is 2. The summed E-state index contributed by atoms with van der Waals surface area (Å²) in [6, 6.07) is 3.15. The topological polar surface area (TPSA) is 71.3 Å². The van der Waals surface area contributed by atoms with Crippen molar-refractivity contribution in [2.75, 3.05) is 19.8 Å². The summed E-state index contributed by atoms with van der Waals surface area (Å²) >= 11 is 12.2. The molecular formula is C29H37Cl2NO4. The maximum absolute atomic E-state index is 12.0. The number of nitrogens with zero attached hydrogens (tertiary/aromatic N) is 1.